The molecule has 0 aliphatic carbocycles. The minimum absolute atomic E-state index is 0.0599. The van der Waals surface area contributed by atoms with Crippen LogP contribution < -0.4 is 11.4 Å². The number of imidazole rings is 1. The van der Waals surface area contributed by atoms with Crippen molar-refractivity contribution in [3.63, 3.8) is 0 Å². The molecule has 0 saturated carbocycles. The number of nitrogens with two attached hydrogens (primary N) is 1. The fourth-order valence-corrected chi connectivity index (χ4v) is 1.69. The fraction of sp³-hybridized carbons (Fsp3) is 0.400. The Balaban J connectivity index is 2.72. The van der Waals surface area contributed by atoms with Crippen LogP contribution in [0.3, 0.4) is 0 Å². The van der Waals surface area contributed by atoms with Gasteiger partial charge in [-0.25, -0.2) is 9.78 Å². The highest BCUT2D eigenvalue weighted by Crippen LogP contribution is 2.08. The summed E-state index contributed by atoms with van der Waals surface area (Å²) in [5.74, 6) is 0. The van der Waals surface area contributed by atoms with Gasteiger partial charge in [0.15, 0.2) is 5.65 Å². The van der Waals surface area contributed by atoms with Crippen LogP contribution >= 0.6 is 0 Å². The van der Waals surface area contributed by atoms with Crippen LogP contribution in [-0.4, -0.2) is 20.2 Å². The number of rotatable bonds is 2. The average molecular weight is 206 g/mol. The summed E-state index contributed by atoms with van der Waals surface area (Å²) in [6.07, 6.45) is 1.68. The summed E-state index contributed by atoms with van der Waals surface area (Å²) < 4.78 is 3.20. The van der Waals surface area contributed by atoms with Gasteiger partial charge in [0.1, 0.15) is 0 Å². The van der Waals surface area contributed by atoms with Crippen molar-refractivity contribution in [2.24, 2.45) is 12.8 Å². The lowest BCUT2D eigenvalue weighted by atomic mass is 10.3. The van der Waals surface area contributed by atoms with Crippen LogP contribution in [-0.2, 0) is 13.6 Å². The molecule has 0 aliphatic heterocycles. The molecule has 0 aromatic carbocycles. The van der Waals surface area contributed by atoms with Crippen molar-refractivity contribution in [1.29, 1.82) is 0 Å². The predicted molar refractivity (Wildman–Crippen MR) is 58.6 cm³/mol. The van der Waals surface area contributed by atoms with Crippen molar-refractivity contribution in [2.45, 2.75) is 19.5 Å². The number of hydrogen-bond acceptors (Lipinski definition) is 3. The van der Waals surface area contributed by atoms with E-state index in [9.17, 15) is 4.79 Å². The molecule has 2 rings (SSSR count). The number of aryl methyl sites for hydroxylation is 1. The summed E-state index contributed by atoms with van der Waals surface area (Å²) in [5, 5.41) is 0. The highest BCUT2D eigenvalue weighted by Gasteiger charge is 2.11. The largest absolute Gasteiger partial charge is 0.330 e. The van der Waals surface area contributed by atoms with E-state index in [1.165, 1.54) is 0 Å². The van der Waals surface area contributed by atoms with Crippen LogP contribution in [0.1, 0.15) is 6.92 Å². The Hall–Kier alpha value is -1.62. The van der Waals surface area contributed by atoms with Gasteiger partial charge in [0.2, 0.25) is 0 Å². The molecule has 2 heterocycles. The Labute approximate surface area is 87.1 Å². The van der Waals surface area contributed by atoms with Gasteiger partial charge < -0.3 is 5.73 Å². The van der Waals surface area contributed by atoms with E-state index in [4.69, 9.17) is 5.73 Å². The van der Waals surface area contributed by atoms with Gasteiger partial charge >= 0.3 is 5.69 Å². The topological polar surface area (TPSA) is 65.8 Å². The second-order valence-electron chi connectivity index (χ2n) is 3.78. The van der Waals surface area contributed by atoms with Crippen LogP contribution in [0.4, 0.5) is 0 Å². The lowest BCUT2D eigenvalue weighted by Crippen LogP contribution is -2.30. The first kappa shape index (κ1) is 9.92. The fourth-order valence-electron chi connectivity index (χ4n) is 1.69. The zero-order valence-electron chi connectivity index (χ0n) is 8.84. The van der Waals surface area contributed by atoms with Gasteiger partial charge in [-0.3, -0.25) is 9.13 Å². The Bertz CT molecular complexity index is 538. The molecule has 5 nitrogen and oxygen atoms in total. The molecule has 80 valence electrons. The summed E-state index contributed by atoms with van der Waals surface area (Å²) >= 11 is 0. The van der Waals surface area contributed by atoms with Crippen molar-refractivity contribution >= 4 is 11.2 Å². The minimum atomic E-state index is -0.0685. The van der Waals surface area contributed by atoms with Crippen molar-refractivity contribution in [3.8, 4) is 0 Å². The average Bonchev–Trinajstić information content (AvgIpc) is 2.44. The minimum Gasteiger partial charge on any atom is -0.326 e. The van der Waals surface area contributed by atoms with Crippen molar-refractivity contribution in [2.75, 3.05) is 0 Å². The maximum Gasteiger partial charge on any atom is 0.330 e. The first-order valence-electron chi connectivity index (χ1n) is 4.87. The molecule has 0 fully saturated rings. The smallest absolute Gasteiger partial charge is 0.326 e. The molecule has 2 N–H and O–H groups in total. The highest BCUT2D eigenvalue weighted by atomic mass is 16.1. The van der Waals surface area contributed by atoms with E-state index in [-0.39, 0.29) is 11.7 Å². The third-order valence-corrected chi connectivity index (χ3v) is 2.37. The molecule has 2 aromatic heterocycles. The molecule has 0 spiro atoms. The van der Waals surface area contributed by atoms with Crippen LogP contribution in [0.5, 0.6) is 0 Å². The molecule has 0 radical (unpaired) electrons. The molecule has 2 aromatic rings. The van der Waals surface area contributed by atoms with Crippen LogP contribution in [0, 0.1) is 0 Å². The van der Waals surface area contributed by atoms with E-state index in [1.54, 1.807) is 22.4 Å². The third kappa shape index (κ3) is 1.55. The number of pyridine rings is 1. The van der Waals surface area contributed by atoms with Crippen molar-refractivity contribution < 1.29 is 0 Å². The van der Waals surface area contributed by atoms with Gasteiger partial charge in [0.25, 0.3) is 0 Å². The van der Waals surface area contributed by atoms with Crippen molar-refractivity contribution in [3.05, 3.63) is 28.8 Å². The molecule has 0 bridgehead atoms. The first-order chi connectivity index (χ1) is 7.11. The van der Waals surface area contributed by atoms with Gasteiger partial charge in [-0.15, -0.1) is 0 Å². The summed E-state index contributed by atoms with van der Waals surface area (Å²) in [5.41, 5.74) is 7.16. The SMILES string of the molecule is CC(N)Cn1c(=O)n(C)c2cccnc21. The lowest BCUT2D eigenvalue weighted by Gasteiger charge is -2.04. The maximum atomic E-state index is 11.9. The molecular formula is C10H14N4O. The van der Waals surface area contributed by atoms with E-state index in [2.05, 4.69) is 4.98 Å². The number of aromatic nitrogens is 3. The third-order valence-electron chi connectivity index (χ3n) is 2.37. The van der Waals surface area contributed by atoms with Crippen LogP contribution in [0.15, 0.2) is 23.1 Å². The molecule has 15 heavy (non-hydrogen) atoms. The molecule has 0 amide bonds. The Morgan fingerprint density at radius 2 is 2.33 bits per heavy atom. The van der Waals surface area contributed by atoms with E-state index in [1.807, 2.05) is 19.1 Å². The monoisotopic (exact) mass is 206 g/mol. The zero-order valence-corrected chi connectivity index (χ0v) is 8.84. The normalized spacial score (nSPS) is 13.3. The lowest BCUT2D eigenvalue weighted by molar-refractivity contribution is 0.575. The summed E-state index contributed by atoms with van der Waals surface area (Å²) in [6, 6.07) is 3.63. The Morgan fingerprint density at radius 3 is 3.00 bits per heavy atom. The highest BCUT2D eigenvalue weighted by molar-refractivity contribution is 5.71. The molecule has 1 atom stereocenters. The van der Waals surface area contributed by atoms with Gasteiger partial charge in [0.05, 0.1) is 5.52 Å². The van der Waals surface area contributed by atoms with Crippen molar-refractivity contribution in [1.82, 2.24) is 14.1 Å². The summed E-state index contributed by atoms with van der Waals surface area (Å²) in [7, 11) is 1.74. The van der Waals surface area contributed by atoms with Crippen LogP contribution in [0.2, 0.25) is 0 Å². The Kier molecular flexibility index (Phi) is 2.32. The molecule has 0 aliphatic rings. The maximum absolute atomic E-state index is 11.9. The molecular weight excluding hydrogens is 192 g/mol. The second-order valence-corrected chi connectivity index (χ2v) is 3.78. The number of fused-ring (bicyclic) bond motifs is 1. The van der Waals surface area contributed by atoms with E-state index < -0.39 is 0 Å². The van der Waals surface area contributed by atoms with Gasteiger partial charge in [-0.05, 0) is 19.1 Å². The van der Waals surface area contributed by atoms with E-state index >= 15 is 0 Å². The first-order valence-corrected chi connectivity index (χ1v) is 4.87. The number of nitrogens with zero attached hydrogens (tertiary/aromatic N) is 3. The van der Waals surface area contributed by atoms with Gasteiger partial charge in [0, 0.05) is 25.8 Å². The molecule has 1 unspecified atom stereocenters. The second kappa shape index (κ2) is 3.51. The molecule has 5 heteroatoms. The van der Waals surface area contributed by atoms with E-state index in [0.29, 0.717) is 12.2 Å². The molecule has 0 saturated heterocycles. The summed E-state index contributed by atoms with van der Waals surface area (Å²) in [4.78, 5) is 16.1. The van der Waals surface area contributed by atoms with Gasteiger partial charge in [-0.1, -0.05) is 0 Å². The predicted octanol–water partition coefficient (Wildman–Crippen LogP) is 0.0822. The van der Waals surface area contributed by atoms with Crippen LogP contribution in [0.25, 0.3) is 11.2 Å². The van der Waals surface area contributed by atoms with Gasteiger partial charge in [-0.2, -0.15) is 0 Å². The number of hydrogen-bond donors (Lipinski definition) is 1. The zero-order chi connectivity index (χ0) is 11.0. The summed E-state index contributed by atoms with van der Waals surface area (Å²) in [6.45, 7) is 2.36. The Morgan fingerprint density at radius 1 is 1.60 bits per heavy atom. The van der Waals surface area contributed by atoms with E-state index in [0.717, 1.165) is 5.52 Å². The standard InChI is InChI=1S/C10H14N4O/c1-7(11)6-14-9-8(4-3-5-12-9)13(2)10(14)15/h3-5,7H,6,11H2,1-2H3. The quantitative estimate of drug-likeness (QED) is 0.756.